The molecule has 0 atom stereocenters. The number of methoxy groups -OCH3 is 1. The van der Waals surface area contributed by atoms with E-state index in [0.29, 0.717) is 35.8 Å². The van der Waals surface area contributed by atoms with E-state index >= 15 is 0 Å². The van der Waals surface area contributed by atoms with E-state index in [9.17, 15) is 9.59 Å². The van der Waals surface area contributed by atoms with Gasteiger partial charge in [-0.25, -0.2) is 0 Å². The third-order valence-electron chi connectivity index (χ3n) is 5.41. The Hall–Kier alpha value is -3.99. The van der Waals surface area contributed by atoms with Crippen LogP contribution in [-0.4, -0.2) is 52.4 Å². The average Bonchev–Trinajstić information content (AvgIpc) is 3.62. The summed E-state index contributed by atoms with van der Waals surface area (Å²) >= 11 is 0. The number of benzene rings is 1. The third-order valence-corrected chi connectivity index (χ3v) is 5.41. The summed E-state index contributed by atoms with van der Waals surface area (Å²) in [5, 5.41) is 20.1. The molecule has 1 saturated carbocycles. The van der Waals surface area contributed by atoms with Crippen molar-refractivity contribution in [1.29, 1.82) is 0 Å². The fourth-order valence-electron chi connectivity index (χ4n) is 3.54. The monoisotopic (exact) mass is 467 g/mol. The molecule has 1 fully saturated rings. The van der Waals surface area contributed by atoms with E-state index in [0.717, 1.165) is 18.5 Å². The predicted molar refractivity (Wildman–Crippen MR) is 128 cm³/mol. The van der Waals surface area contributed by atoms with Gasteiger partial charge in [0.1, 0.15) is 0 Å². The Morgan fingerprint density at radius 3 is 2.79 bits per heavy atom. The maximum absolute atomic E-state index is 12.7. The zero-order valence-electron chi connectivity index (χ0n) is 21.9. The van der Waals surface area contributed by atoms with Crippen molar-refractivity contribution in [2.45, 2.75) is 26.3 Å². The van der Waals surface area contributed by atoms with Gasteiger partial charge in [-0.3, -0.25) is 14.3 Å². The maximum Gasteiger partial charge on any atom is 0.273 e. The zero-order chi connectivity index (χ0) is 26.7. The largest absolute Gasteiger partial charge is 0.494 e. The number of anilines is 3. The number of rotatable bonds is 9. The summed E-state index contributed by atoms with van der Waals surface area (Å²) in [6.45, 7) is 0.200. The van der Waals surface area contributed by atoms with Crippen LogP contribution in [0.2, 0.25) is 0 Å². The summed E-state index contributed by atoms with van der Waals surface area (Å²) in [6, 6.07) is 8.68. The molecule has 2 heterocycles. The van der Waals surface area contributed by atoms with E-state index in [1.165, 1.54) is 13.2 Å². The highest BCUT2D eigenvalue weighted by molar-refractivity contribution is 6.00. The van der Waals surface area contributed by atoms with Crippen LogP contribution >= 0.6 is 0 Å². The smallest absolute Gasteiger partial charge is 0.273 e. The molecule has 11 nitrogen and oxygen atoms in total. The van der Waals surface area contributed by atoms with E-state index in [1.807, 2.05) is 24.4 Å². The molecule has 4 rings (SSSR count). The first kappa shape index (κ1) is 19.5. The van der Waals surface area contributed by atoms with Gasteiger partial charge in [0.05, 0.1) is 30.7 Å². The van der Waals surface area contributed by atoms with Gasteiger partial charge in [-0.2, -0.15) is 5.10 Å². The van der Waals surface area contributed by atoms with Crippen molar-refractivity contribution in [3.8, 4) is 17.0 Å². The number of aromatic nitrogens is 4. The molecular formula is C23H28N8O3. The predicted octanol–water partition coefficient (Wildman–Crippen LogP) is 2.07. The number of para-hydroxylation sites is 1. The van der Waals surface area contributed by atoms with Crippen molar-refractivity contribution in [3.05, 3.63) is 41.7 Å². The number of aryl methyl sites for hydroxylation is 1. The fraction of sp³-hybridized carbons (Fsp3) is 0.348. The number of ether oxygens (including phenoxy) is 1. The molecule has 1 aliphatic carbocycles. The second kappa shape index (κ2) is 9.87. The minimum Gasteiger partial charge on any atom is -0.494 e. The lowest BCUT2D eigenvalue weighted by molar-refractivity contribution is -0.117. The van der Waals surface area contributed by atoms with Crippen LogP contribution in [0.5, 0.6) is 5.75 Å². The molecule has 0 saturated heterocycles. The van der Waals surface area contributed by atoms with Crippen LogP contribution in [0.1, 0.15) is 33.1 Å². The quantitative estimate of drug-likeness (QED) is 0.374. The van der Waals surface area contributed by atoms with Crippen LogP contribution in [-0.2, 0) is 11.3 Å². The molecule has 34 heavy (non-hydrogen) atoms. The van der Waals surface area contributed by atoms with Crippen molar-refractivity contribution >= 4 is 29.0 Å². The summed E-state index contributed by atoms with van der Waals surface area (Å²) in [7, 11) is 1.50. The van der Waals surface area contributed by atoms with Crippen LogP contribution in [0.25, 0.3) is 11.3 Å². The Labute approximate surface area is 201 Å². The molecule has 1 aliphatic rings. The van der Waals surface area contributed by atoms with Crippen molar-refractivity contribution in [2.75, 3.05) is 31.3 Å². The lowest BCUT2D eigenvalue weighted by atomic mass is 10.1. The molecule has 3 aromatic rings. The third kappa shape index (κ3) is 4.84. The van der Waals surface area contributed by atoms with Gasteiger partial charge in [-0.15, -0.1) is 10.2 Å². The second-order valence-corrected chi connectivity index (χ2v) is 7.90. The lowest BCUT2D eigenvalue weighted by Crippen LogP contribution is -2.22. The molecule has 2 aromatic heterocycles. The maximum atomic E-state index is 12.7. The number of hydrogen-bond donors (Lipinski definition) is 4. The van der Waals surface area contributed by atoms with Crippen LogP contribution in [0, 0.1) is 12.8 Å². The normalized spacial score (nSPS) is 14.5. The highest BCUT2D eigenvalue weighted by Gasteiger charge is 2.30. The number of hydrogen-bond acceptors (Lipinski definition) is 8. The Morgan fingerprint density at radius 1 is 1.26 bits per heavy atom. The molecule has 0 spiro atoms. The fourth-order valence-corrected chi connectivity index (χ4v) is 3.54. The Bertz CT molecular complexity index is 1320. The first-order valence-electron chi connectivity index (χ1n) is 12.3. The number of carbonyl (C=O) groups excluding carboxylic acids is 2. The van der Waals surface area contributed by atoms with Gasteiger partial charge in [-0.05, 0) is 38.0 Å². The molecule has 11 heteroatoms. The van der Waals surface area contributed by atoms with Crippen molar-refractivity contribution in [3.63, 3.8) is 0 Å². The van der Waals surface area contributed by atoms with E-state index in [1.54, 1.807) is 16.8 Å². The van der Waals surface area contributed by atoms with Gasteiger partial charge >= 0.3 is 0 Å². The number of nitrogens with one attached hydrogen (secondary N) is 3. The summed E-state index contributed by atoms with van der Waals surface area (Å²) in [5.74, 6) is -0.668. The molecular weight excluding hydrogens is 436 g/mol. The van der Waals surface area contributed by atoms with Gasteiger partial charge < -0.3 is 26.4 Å². The Balaban J connectivity index is 1.72. The van der Waals surface area contributed by atoms with Crippen LogP contribution < -0.4 is 26.4 Å². The Kier molecular flexibility index (Phi) is 5.66. The summed E-state index contributed by atoms with van der Waals surface area (Å²) in [4.78, 5) is 25.0. The van der Waals surface area contributed by atoms with E-state index < -0.39 is 12.9 Å². The summed E-state index contributed by atoms with van der Waals surface area (Å²) < 4.78 is 29.6. The molecule has 2 amide bonds. The minimum absolute atomic E-state index is 0.0731. The zero-order valence-corrected chi connectivity index (χ0v) is 18.9. The molecule has 0 aliphatic heterocycles. The van der Waals surface area contributed by atoms with Crippen LogP contribution in [0.4, 0.5) is 17.2 Å². The molecule has 0 radical (unpaired) electrons. The molecule has 5 N–H and O–H groups in total. The molecule has 0 bridgehead atoms. The second-order valence-electron chi connectivity index (χ2n) is 7.90. The SMILES string of the molecule is [2H]C([2H])([2H])NC(=O)c1nnc(NC(=O)C2CC2)cc1Nc1cccc(-c2cc(C)n(CCN)n2)c1OC. The summed E-state index contributed by atoms with van der Waals surface area (Å²) in [5.41, 5.74) is 8.28. The van der Waals surface area contributed by atoms with E-state index in [-0.39, 0.29) is 29.0 Å². The lowest BCUT2D eigenvalue weighted by Gasteiger charge is -2.16. The highest BCUT2D eigenvalue weighted by atomic mass is 16.5. The summed E-state index contributed by atoms with van der Waals surface area (Å²) in [6.07, 6.45) is 1.60. The van der Waals surface area contributed by atoms with Crippen LogP contribution in [0.3, 0.4) is 0 Å². The first-order chi connectivity index (χ1) is 17.6. The van der Waals surface area contributed by atoms with Crippen molar-refractivity contribution in [1.82, 2.24) is 25.3 Å². The number of nitrogens with two attached hydrogens (primary N) is 1. The van der Waals surface area contributed by atoms with Gasteiger partial charge in [0.25, 0.3) is 5.91 Å². The number of carbonyl (C=O) groups is 2. The molecule has 1 aromatic carbocycles. The molecule has 0 unspecified atom stereocenters. The van der Waals surface area contributed by atoms with E-state index in [4.69, 9.17) is 14.6 Å². The van der Waals surface area contributed by atoms with Gasteiger partial charge in [0, 0.05) is 40.9 Å². The standard InChI is InChI=1S/C23H28N8O3/c1-13-11-17(30-31(13)10-9-24)15-5-4-6-16(21(15)34-3)26-18-12-19(27-22(32)14-7-8-14)28-29-20(18)23(33)25-2/h4-6,11-12,14H,7-10,24H2,1-3H3,(H,25,33)(H2,26,27,28,32)/i2D3. The highest BCUT2D eigenvalue weighted by Crippen LogP contribution is 2.38. The number of amides is 2. The molecule has 178 valence electrons. The number of nitrogens with zero attached hydrogens (tertiary/aromatic N) is 4. The van der Waals surface area contributed by atoms with Crippen LogP contribution in [0.15, 0.2) is 30.3 Å². The van der Waals surface area contributed by atoms with Gasteiger partial charge in [0.2, 0.25) is 5.91 Å². The minimum atomic E-state index is -2.73. The van der Waals surface area contributed by atoms with E-state index in [2.05, 4.69) is 25.9 Å². The van der Waals surface area contributed by atoms with Gasteiger partial charge in [0.15, 0.2) is 17.3 Å². The topological polar surface area (TPSA) is 149 Å². The van der Waals surface area contributed by atoms with Crippen molar-refractivity contribution in [2.24, 2.45) is 11.7 Å². The average molecular weight is 468 g/mol. The first-order valence-corrected chi connectivity index (χ1v) is 10.8. The van der Waals surface area contributed by atoms with Gasteiger partial charge in [-0.1, -0.05) is 6.07 Å². The Morgan fingerprint density at radius 2 is 2.09 bits per heavy atom. The van der Waals surface area contributed by atoms with Crippen molar-refractivity contribution < 1.29 is 18.4 Å².